The highest BCUT2D eigenvalue weighted by Crippen LogP contribution is 2.30. The third-order valence-corrected chi connectivity index (χ3v) is 2.30. The van der Waals surface area contributed by atoms with Crippen LogP contribution >= 0.6 is 11.6 Å². The third kappa shape index (κ3) is 2.04. The zero-order valence-electron chi connectivity index (χ0n) is 8.51. The Bertz CT molecular complexity index is 518. The molecule has 2 N–H and O–H groups in total. The second-order valence-corrected chi connectivity index (χ2v) is 3.45. The van der Waals surface area contributed by atoms with Gasteiger partial charge in [-0.2, -0.15) is 4.98 Å². The minimum atomic E-state index is 0.188. The molecule has 16 heavy (non-hydrogen) atoms. The molecule has 6 heteroatoms. The molecule has 82 valence electrons. The Balaban J connectivity index is 2.35. The molecule has 0 atom stereocenters. The Morgan fingerprint density at radius 2 is 2.12 bits per heavy atom. The summed E-state index contributed by atoms with van der Waals surface area (Å²) < 4.78 is 5.50. The zero-order chi connectivity index (χ0) is 11.5. The van der Waals surface area contributed by atoms with Crippen LogP contribution < -0.4 is 10.5 Å². The first-order valence-corrected chi connectivity index (χ1v) is 4.91. The minimum Gasteiger partial charge on any atom is -0.435 e. The molecule has 0 unspecified atom stereocenters. The lowest BCUT2D eigenvalue weighted by Gasteiger charge is -2.08. The third-order valence-electron chi connectivity index (χ3n) is 1.95. The quantitative estimate of drug-likeness (QED) is 0.865. The van der Waals surface area contributed by atoms with E-state index in [9.17, 15) is 0 Å². The molecule has 0 amide bonds. The van der Waals surface area contributed by atoms with Gasteiger partial charge in [-0.1, -0.05) is 11.6 Å². The summed E-state index contributed by atoms with van der Waals surface area (Å²) in [7, 11) is 0. The van der Waals surface area contributed by atoms with E-state index >= 15 is 0 Å². The Kier molecular flexibility index (Phi) is 2.87. The molecule has 2 rings (SSSR count). The van der Waals surface area contributed by atoms with Crippen LogP contribution in [0.4, 0.5) is 5.82 Å². The van der Waals surface area contributed by atoms with E-state index in [4.69, 9.17) is 22.1 Å². The van der Waals surface area contributed by atoms with Gasteiger partial charge < -0.3 is 10.5 Å². The highest BCUT2D eigenvalue weighted by Gasteiger charge is 2.10. The average molecular weight is 237 g/mol. The van der Waals surface area contributed by atoms with Crippen LogP contribution in [0.1, 0.15) is 5.69 Å². The van der Waals surface area contributed by atoms with Crippen LogP contribution in [0.25, 0.3) is 0 Å². The second-order valence-electron chi connectivity index (χ2n) is 3.07. The van der Waals surface area contributed by atoms with E-state index in [0.29, 0.717) is 5.75 Å². The molecule has 0 spiro atoms. The van der Waals surface area contributed by atoms with Crippen molar-refractivity contribution in [2.75, 3.05) is 5.73 Å². The van der Waals surface area contributed by atoms with Gasteiger partial charge in [0.2, 0.25) is 5.88 Å². The largest absolute Gasteiger partial charge is 0.435 e. The topological polar surface area (TPSA) is 73.9 Å². The number of ether oxygens (including phenoxy) is 1. The Morgan fingerprint density at radius 3 is 2.88 bits per heavy atom. The van der Waals surface area contributed by atoms with Crippen LogP contribution in [0.5, 0.6) is 11.6 Å². The van der Waals surface area contributed by atoms with Gasteiger partial charge in [0.05, 0.1) is 5.69 Å². The monoisotopic (exact) mass is 236 g/mol. The Labute approximate surface area is 97.3 Å². The summed E-state index contributed by atoms with van der Waals surface area (Å²) in [4.78, 5) is 11.7. The standard InChI is InChI=1S/C10H9ClN4O/c1-6-7(3-2-4-13-6)16-10-8(11)9(12)14-5-15-10/h2-5H,1H3,(H2,12,14,15). The lowest BCUT2D eigenvalue weighted by molar-refractivity contribution is 0.456. The van der Waals surface area contributed by atoms with Crippen LogP contribution in [-0.2, 0) is 0 Å². The van der Waals surface area contributed by atoms with E-state index < -0.39 is 0 Å². The van der Waals surface area contributed by atoms with Gasteiger partial charge >= 0.3 is 0 Å². The van der Waals surface area contributed by atoms with E-state index in [1.54, 1.807) is 18.3 Å². The first-order valence-electron chi connectivity index (χ1n) is 4.54. The zero-order valence-corrected chi connectivity index (χ0v) is 9.27. The Morgan fingerprint density at radius 1 is 1.31 bits per heavy atom. The number of anilines is 1. The van der Waals surface area contributed by atoms with Crippen LogP contribution in [0.15, 0.2) is 24.7 Å². The van der Waals surface area contributed by atoms with Crippen molar-refractivity contribution in [2.24, 2.45) is 0 Å². The minimum absolute atomic E-state index is 0.188. The SMILES string of the molecule is Cc1ncccc1Oc1ncnc(N)c1Cl. The highest BCUT2D eigenvalue weighted by atomic mass is 35.5. The number of rotatable bonds is 2. The molecule has 0 saturated carbocycles. The number of halogens is 1. The van der Waals surface area contributed by atoms with Crippen LogP contribution in [0, 0.1) is 6.92 Å². The first-order chi connectivity index (χ1) is 7.68. The van der Waals surface area contributed by atoms with Crippen LogP contribution in [-0.4, -0.2) is 15.0 Å². The number of hydrogen-bond acceptors (Lipinski definition) is 5. The summed E-state index contributed by atoms with van der Waals surface area (Å²) in [5, 5.41) is 0.200. The highest BCUT2D eigenvalue weighted by molar-refractivity contribution is 6.34. The van der Waals surface area contributed by atoms with Gasteiger partial charge in [-0.25, -0.2) is 4.98 Å². The van der Waals surface area contributed by atoms with Crippen molar-refractivity contribution in [3.63, 3.8) is 0 Å². The summed E-state index contributed by atoms with van der Waals surface area (Å²) in [5.41, 5.74) is 6.28. The van der Waals surface area contributed by atoms with Gasteiger partial charge in [0.1, 0.15) is 17.2 Å². The van der Waals surface area contributed by atoms with Crippen molar-refractivity contribution in [3.05, 3.63) is 35.4 Å². The number of nitrogen functional groups attached to an aromatic ring is 1. The molecule has 0 aliphatic rings. The molecule has 5 nitrogen and oxygen atoms in total. The van der Waals surface area contributed by atoms with Crippen LogP contribution in [0.3, 0.4) is 0 Å². The molecule has 0 aliphatic carbocycles. The smallest absolute Gasteiger partial charge is 0.243 e. The number of hydrogen-bond donors (Lipinski definition) is 1. The van der Waals surface area contributed by atoms with Gasteiger partial charge in [0.25, 0.3) is 0 Å². The molecule has 0 fully saturated rings. The predicted octanol–water partition coefficient (Wildman–Crippen LogP) is 2.21. The summed E-state index contributed by atoms with van der Waals surface area (Å²) in [6, 6.07) is 3.54. The number of aromatic nitrogens is 3. The predicted molar refractivity (Wildman–Crippen MR) is 60.5 cm³/mol. The normalized spacial score (nSPS) is 10.1. The molecule has 2 aromatic heterocycles. The summed E-state index contributed by atoms with van der Waals surface area (Å²) in [6.45, 7) is 1.83. The number of nitrogens with zero attached hydrogens (tertiary/aromatic N) is 3. The van der Waals surface area contributed by atoms with E-state index in [1.165, 1.54) is 6.33 Å². The number of pyridine rings is 1. The molecule has 0 aromatic carbocycles. The number of aryl methyl sites for hydroxylation is 1. The van der Waals surface area contributed by atoms with Crippen molar-refractivity contribution in [1.29, 1.82) is 0 Å². The van der Waals surface area contributed by atoms with Crippen molar-refractivity contribution in [2.45, 2.75) is 6.92 Å². The second kappa shape index (κ2) is 4.32. The lowest BCUT2D eigenvalue weighted by atomic mass is 10.3. The van der Waals surface area contributed by atoms with Gasteiger partial charge in [0.15, 0.2) is 5.75 Å². The van der Waals surface area contributed by atoms with E-state index in [2.05, 4.69) is 15.0 Å². The molecule has 0 aliphatic heterocycles. The van der Waals surface area contributed by atoms with Gasteiger partial charge in [0, 0.05) is 6.20 Å². The maximum atomic E-state index is 5.90. The molecular formula is C10H9ClN4O. The van der Waals surface area contributed by atoms with Crippen LogP contribution in [0.2, 0.25) is 5.02 Å². The molecule has 2 heterocycles. The fourth-order valence-electron chi connectivity index (χ4n) is 1.12. The van der Waals surface area contributed by atoms with Crippen molar-refractivity contribution in [1.82, 2.24) is 15.0 Å². The van der Waals surface area contributed by atoms with E-state index in [0.717, 1.165) is 5.69 Å². The fraction of sp³-hybridized carbons (Fsp3) is 0.100. The maximum Gasteiger partial charge on any atom is 0.243 e. The molecular weight excluding hydrogens is 228 g/mol. The summed E-state index contributed by atoms with van der Waals surface area (Å²) in [5.74, 6) is 1.00. The summed E-state index contributed by atoms with van der Waals surface area (Å²) in [6.07, 6.45) is 2.97. The van der Waals surface area contributed by atoms with Gasteiger partial charge in [-0.05, 0) is 19.1 Å². The first kappa shape index (κ1) is 10.6. The molecule has 0 radical (unpaired) electrons. The van der Waals surface area contributed by atoms with Gasteiger partial charge in [-0.3, -0.25) is 4.98 Å². The molecule has 2 aromatic rings. The Hall–Kier alpha value is -1.88. The lowest BCUT2D eigenvalue weighted by Crippen LogP contribution is -1.97. The van der Waals surface area contributed by atoms with Crippen molar-refractivity contribution in [3.8, 4) is 11.6 Å². The van der Waals surface area contributed by atoms with Crippen molar-refractivity contribution < 1.29 is 4.74 Å². The summed E-state index contributed by atoms with van der Waals surface area (Å²) >= 11 is 5.90. The van der Waals surface area contributed by atoms with Crippen molar-refractivity contribution >= 4 is 17.4 Å². The number of nitrogens with two attached hydrogens (primary N) is 1. The molecule has 0 bridgehead atoms. The van der Waals surface area contributed by atoms with Gasteiger partial charge in [-0.15, -0.1) is 0 Å². The van der Waals surface area contributed by atoms with E-state index in [1.807, 2.05) is 6.92 Å². The van der Waals surface area contributed by atoms with E-state index in [-0.39, 0.29) is 16.7 Å². The fourth-order valence-corrected chi connectivity index (χ4v) is 1.26. The maximum absolute atomic E-state index is 5.90. The average Bonchev–Trinajstić information content (AvgIpc) is 2.28. The molecule has 0 saturated heterocycles.